The minimum absolute atomic E-state index is 0.0668. The van der Waals surface area contributed by atoms with Crippen LogP contribution in [0.4, 0.5) is 11.4 Å². The van der Waals surface area contributed by atoms with Crippen molar-refractivity contribution < 1.29 is 9.59 Å². The number of aryl methyl sites for hydroxylation is 2. The van der Waals surface area contributed by atoms with Crippen LogP contribution < -0.4 is 9.80 Å². The molecule has 0 N–H and O–H groups in total. The van der Waals surface area contributed by atoms with Crippen LogP contribution in [0.25, 0.3) is 0 Å². The summed E-state index contributed by atoms with van der Waals surface area (Å²) in [5.41, 5.74) is 4.31. The minimum Gasteiger partial charge on any atom is -0.312 e. The van der Waals surface area contributed by atoms with Gasteiger partial charge in [-0.1, -0.05) is 36.4 Å². The normalized spacial score (nSPS) is 16.2. The smallest absolute Gasteiger partial charge is 0.236 e. The molecule has 0 spiro atoms. The van der Waals surface area contributed by atoms with Gasteiger partial charge in [-0.2, -0.15) is 0 Å². The lowest BCUT2D eigenvalue weighted by Gasteiger charge is -2.32. The number of carbonyl (C=O) groups excluding carboxylic acids is 2. The topological polar surface area (TPSA) is 40.6 Å². The molecule has 2 aromatic rings. The zero-order valence-electron chi connectivity index (χ0n) is 14.3. The number of fused-ring (bicyclic) bond motifs is 2. The van der Waals surface area contributed by atoms with Gasteiger partial charge < -0.3 is 9.80 Å². The van der Waals surface area contributed by atoms with Gasteiger partial charge in [0.15, 0.2) is 0 Å². The van der Waals surface area contributed by atoms with E-state index >= 15 is 0 Å². The van der Waals surface area contributed by atoms with E-state index in [0.29, 0.717) is 13.1 Å². The molecule has 25 heavy (non-hydrogen) atoms. The van der Waals surface area contributed by atoms with Gasteiger partial charge in [0, 0.05) is 24.5 Å². The molecule has 2 aliphatic heterocycles. The van der Waals surface area contributed by atoms with Crippen LogP contribution in [0.1, 0.15) is 30.4 Å². The fourth-order valence-electron chi connectivity index (χ4n) is 3.91. The molecule has 0 unspecified atom stereocenters. The predicted octanol–water partition coefficient (Wildman–Crippen LogP) is 3.34. The first-order chi connectivity index (χ1) is 12.2. The minimum atomic E-state index is -0.0970. The number of nitrogens with zero attached hydrogens (tertiary/aromatic N) is 2. The number of rotatable bonds is 2. The number of amides is 2. The van der Waals surface area contributed by atoms with Crippen LogP contribution in [0.3, 0.4) is 0 Å². The number of hydrogen-bond donors (Lipinski definition) is 0. The molecule has 4 rings (SSSR count). The summed E-state index contributed by atoms with van der Waals surface area (Å²) in [5, 5.41) is 0. The summed E-state index contributed by atoms with van der Waals surface area (Å²) in [7, 11) is 0. The van der Waals surface area contributed by atoms with E-state index in [1.54, 1.807) is 9.80 Å². The van der Waals surface area contributed by atoms with E-state index in [1.807, 2.05) is 36.4 Å². The third-order valence-electron chi connectivity index (χ3n) is 5.13. The van der Waals surface area contributed by atoms with Gasteiger partial charge in [0.2, 0.25) is 11.8 Å². The van der Waals surface area contributed by atoms with E-state index < -0.39 is 0 Å². The van der Waals surface area contributed by atoms with Crippen molar-refractivity contribution in [3.8, 4) is 0 Å². The van der Waals surface area contributed by atoms with Gasteiger partial charge in [0.25, 0.3) is 0 Å². The summed E-state index contributed by atoms with van der Waals surface area (Å²) in [6, 6.07) is 16.0. The fourth-order valence-corrected chi connectivity index (χ4v) is 3.91. The number of anilines is 2. The molecule has 0 saturated heterocycles. The second-order valence-electron chi connectivity index (χ2n) is 6.73. The Hall–Kier alpha value is -2.62. The summed E-state index contributed by atoms with van der Waals surface area (Å²) in [6.07, 6.45) is 3.82. The molecule has 2 aromatic carbocycles. The largest absolute Gasteiger partial charge is 0.312 e. The third kappa shape index (κ3) is 3.04. The highest BCUT2D eigenvalue weighted by molar-refractivity contribution is 6.10. The summed E-state index contributed by atoms with van der Waals surface area (Å²) in [4.78, 5) is 29.2. The maximum absolute atomic E-state index is 12.8. The molecular formula is C21H22N2O2. The lowest BCUT2D eigenvalue weighted by atomic mass is 10.0. The zero-order valence-corrected chi connectivity index (χ0v) is 14.3. The Morgan fingerprint density at radius 3 is 1.64 bits per heavy atom. The van der Waals surface area contributed by atoms with Crippen molar-refractivity contribution in [1.29, 1.82) is 0 Å². The number of hydrogen-bond acceptors (Lipinski definition) is 2. The predicted molar refractivity (Wildman–Crippen MR) is 98.8 cm³/mol. The van der Waals surface area contributed by atoms with Gasteiger partial charge in [-0.3, -0.25) is 9.59 Å². The number of carbonyl (C=O) groups is 2. The summed E-state index contributed by atoms with van der Waals surface area (Å²) in [5.74, 6) is -0.194. The van der Waals surface area contributed by atoms with Gasteiger partial charge >= 0.3 is 0 Å². The summed E-state index contributed by atoms with van der Waals surface area (Å²) >= 11 is 0. The molecule has 0 aromatic heterocycles. The van der Waals surface area contributed by atoms with E-state index in [2.05, 4.69) is 12.1 Å². The van der Waals surface area contributed by atoms with Gasteiger partial charge in [0.1, 0.15) is 6.42 Å². The van der Waals surface area contributed by atoms with E-state index in [9.17, 15) is 9.59 Å². The number of para-hydroxylation sites is 2. The first kappa shape index (κ1) is 15.9. The van der Waals surface area contributed by atoms with Crippen molar-refractivity contribution in [2.24, 2.45) is 0 Å². The molecule has 0 atom stereocenters. The Labute approximate surface area is 148 Å². The van der Waals surface area contributed by atoms with Gasteiger partial charge in [-0.15, -0.1) is 0 Å². The van der Waals surface area contributed by atoms with Crippen LogP contribution in [-0.4, -0.2) is 24.9 Å². The van der Waals surface area contributed by atoms with E-state index in [0.717, 1.165) is 37.1 Å². The molecule has 0 bridgehead atoms. The zero-order chi connectivity index (χ0) is 17.2. The Balaban J connectivity index is 1.52. The second-order valence-corrected chi connectivity index (χ2v) is 6.73. The second kappa shape index (κ2) is 6.71. The van der Waals surface area contributed by atoms with Crippen LogP contribution in [-0.2, 0) is 22.4 Å². The first-order valence-electron chi connectivity index (χ1n) is 9.00. The molecule has 0 radical (unpaired) electrons. The molecule has 128 valence electrons. The maximum Gasteiger partial charge on any atom is 0.236 e. The Morgan fingerprint density at radius 1 is 0.720 bits per heavy atom. The molecule has 0 fully saturated rings. The summed E-state index contributed by atoms with van der Waals surface area (Å²) in [6.45, 7) is 1.39. The maximum atomic E-state index is 12.8. The van der Waals surface area contributed by atoms with E-state index in [1.165, 1.54) is 11.1 Å². The average molecular weight is 334 g/mol. The van der Waals surface area contributed by atoms with Crippen molar-refractivity contribution in [1.82, 2.24) is 0 Å². The SMILES string of the molecule is O=C(CC(=O)N1CCCc2ccccc21)N1CCCc2ccccc21. The van der Waals surface area contributed by atoms with Crippen molar-refractivity contribution >= 4 is 23.2 Å². The first-order valence-corrected chi connectivity index (χ1v) is 9.00. The highest BCUT2D eigenvalue weighted by Gasteiger charge is 2.28. The Bertz CT molecular complexity index is 748. The lowest BCUT2D eigenvalue weighted by Crippen LogP contribution is -2.41. The van der Waals surface area contributed by atoms with E-state index in [4.69, 9.17) is 0 Å². The third-order valence-corrected chi connectivity index (χ3v) is 5.13. The van der Waals surface area contributed by atoms with Gasteiger partial charge in [-0.05, 0) is 48.9 Å². The molecule has 4 nitrogen and oxygen atoms in total. The van der Waals surface area contributed by atoms with Crippen LogP contribution in [0.5, 0.6) is 0 Å². The molecule has 2 amide bonds. The van der Waals surface area contributed by atoms with Crippen LogP contribution in [0, 0.1) is 0 Å². The van der Waals surface area contributed by atoms with Gasteiger partial charge in [0.05, 0.1) is 0 Å². The fraction of sp³-hybridized carbons (Fsp3) is 0.333. The van der Waals surface area contributed by atoms with Crippen LogP contribution in [0.2, 0.25) is 0 Å². The molecule has 2 heterocycles. The van der Waals surface area contributed by atoms with Crippen molar-refractivity contribution in [2.75, 3.05) is 22.9 Å². The standard InChI is InChI=1S/C21H22N2O2/c24-20(22-13-5-9-16-7-1-3-11-18(16)22)15-21(25)23-14-6-10-17-8-2-4-12-19(17)23/h1-4,7-8,11-12H,5-6,9-10,13-15H2. The highest BCUT2D eigenvalue weighted by Crippen LogP contribution is 2.29. The molecule has 0 saturated carbocycles. The molecule has 2 aliphatic rings. The Morgan fingerprint density at radius 2 is 1.16 bits per heavy atom. The quantitative estimate of drug-likeness (QED) is 0.791. The molecular weight excluding hydrogens is 312 g/mol. The summed E-state index contributed by atoms with van der Waals surface area (Å²) < 4.78 is 0. The Kier molecular flexibility index (Phi) is 4.26. The lowest BCUT2D eigenvalue weighted by molar-refractivity contribution is -0.126. The molecule has 0 aliphatic carbocycles. The highest BCUT2D eigenvalue weighted by atomic mass is 16.2. The van der Waals surface area contributed by atoms with Crippen LogP contribution >= 0.6 is 0 Å². The van der Waals surface area contributed by atoms with Crippen molar-refractivity contribution in [3.63, 3.8) is 0 Å². The molecule has 4 heteroatoms. The number of benzene rings is 2. The van der Waals surface area contributed by atoms with Crippen molar-refractivity contribution in [3.05, 3.63) is 59.7 Å². The van der Waals surface area contributed by atoms with Crippen molar-refractivity contribution in [2.45, 2.75) is 32.1 Å². The van der Waals surface area contributed by atoms with Crippen LogP contribution in [0.15, 0.2) is 48.5 Å². The van der Waals surface area contributed by atoms with E-state index in [-0.39, 0.29) is 18.2 Å². The monoisotopic (exact) mass is 334 g/mol. The average Bonchev–Trinajstić information content (AvgIpc) is 2.67. The van der Waals surface area contributed by atoms with Gasteiger partial charge in [-0.25, -0.2) is 0 Å².